The molecule has 0 amide bonds. The van der Waals surface area contributed by atoms with E-state index in [0.29, 0.717) is 18.0 Å². The molecule has 0 unspecified atom stereocenters. The van der Waals surface area contributed by atoms with Crippen LogP contribution in [0, 0.1) is 20.8 Å². The lowest BCUT2D eigenvalue weighted by atomic mass is 10.2. The quantitative estimate of drug-likeness (QED) is 0.888. The van der Waals surface area contributed by atoms with Crippen molar-refractivity contribution in [2.45, 2.75) is 45.6 Å². The van der Waals surface area contributed by atoms with Crippen molar-refractivity contribution in [1.82, 2.24) is 14.5 Å². The molecule has 0 aliphatic heterocycles. The summed E-state index contributed by atoms with van der Waals surface area (Å²) in [7, 11) is -3.46. The van der Waals surface area contributed by atoms with E-state index in [1.807, 2.05) is 44.5 Å². The van der Waals surface area contributed by atoms with Gasteiger partial charge in [0.25, 0.3) is 0 Å². The second kappa shape index (κ2) is 6.62. The predicted molar refractivity (Wildman–Crippen MR) is 87.4 cm³/mol. The average molecular weight is 321 g/mol. The summed E-state index contributed by atoms with van der Waals surface area (Å²) in [4.78, 5) is 0.300. The Hall–Kier alpha value is -1.66. The van der Waals surface area contributed by atoms with Crippen LogP contribution in [0.5, 0.6) is 0 Å². The molecule has 0 saturated heterocycles. The first kappa shape index (κ1) is 16.7. The van der Waals surface area contributed by atoms with Crippen molar-refractivity contribution in [2.75, 3.05) is 6.54 Å². The fourth-order valence-electron chi connectivity index (χ4n) is 2.28. The largest absolute Gasteiger partial charge is 0.268 e. The summed E-state index contributed by atoms with van der Waals surface area (Å²) in [5.74, 6) is 0. The molecular weight excluding hydrogens is 298 g/mol. The maximum atomic E-state index is 12.2. The van der Waals surface area contributed by atoms with Gasteiger partial charge in [-0.05, 0) is 50.5 Å². The maximum Gasteiger partial charge on any atom is 0.240 e. The SMILES string of the molecule is CCc1ccc(S(=O)(=O)NCCn2nc(C)c(C)c2C)cc1. The molecule has 22 heavy (non-hydrogen) atoms. The second-order valence-corrected chi connectivity index (χ2v) is 7.18. The molecule has 0 spiro atoms. The summed E-state index contributed by atoms with van der Waals surface area (Å²) in [6, 6.07) is 6.99. The van der Waals surface area contributed by atoms with Crippen LogP contribution in [0.25, 0.3) is 0 Å². The van der Waals surface area contributed by atoms with Crippen LogP contribution < -0.4 is 4.72 Å². The Bertz CT molecular complexity index is 746. The van der Waals surface area contributed by atoms with Crippen molar-refractivity contribution in [1.29, 1.82) is 0 Å². The minimum atomic E-state index is -3.46. The van der Waals surface area contributed by atoms with Crippen molar-refractivity contribution in [3.8, 4) is 0 Å². The van der Waals surface area contributed by atoms with Crippen LogP contribution in [0.1, 0.15) is 29.4 Å². The Morgan fingerprint density at radius 3 is 2.27 bits per heavy atom. The zero-order valence-electron chi connectivity index (χ0n) is 13.5. The highest BCUT2D eigenvalue weighted by atomic mass is 32.2. The topological polar surface area (TPSA) is 64.0 Å². The van der Waals surface area contributed by atoms with Gasteiger partial charge in [-0.15, -0.1) is 0 Å². The van der Waals surface area contributed by atoms with Crippen LogP contribution in [0.3, 0.4) is 0 Å². The standard InChI is InChI=1S/C16H23N3O2S/c1-5-15-6-8-16(9-7-15)22(20,21)17-10-11-19-14(4)12(2)13(3)18-19/h6-9,17H,5,10-11H2,1-4H3. The van der Waals surface area contributed by atoms with Gasteiger partial charge >= 0.3 is 0 Å². The van der Waals surface area contributed by atoms with Crippen LogP contribution >= 0.6 is 0 Å². The van der Waals surface area contributed by atoms with Gasteiger partial charge < -0.3 is 0 Å². The molecule has 0 aliphatic carbocycles. The first-order chi connectivity index (χ1) is 10.3. The Kier molecular flexibility index (Phi) is 5.03. The highest BCUT2D eigenvalue weighted by Gasteiger charge is 2.14. The molecule has 1 N–H and O–H groups in total. The van der Waals surface area contributed by atoms with E-state index in [4.69, 9.17) is 0 Å². The molecule has 0 atom stereocenters. The van der Waals surface area contributed by atoms with Crippen LogP contribution in [-0.4, -0.2) is 24.7 Å². The van der Waals surface area contributed by atoms with E-state index in [0.717, 1.165) is 28.9 Å². The predicted octanol–water partition coefficient (Wildman–Crippen LogP) is 2.35. The number of rotatable bonds is 6. The lowest BCUT2D eigenvalue weighted by Gasteiger charge is -2.08. The average Bonchev–Trinajstić information content (AvgIpc) is 2.74. The first-order valence-electron chi connectivity index (χ1n) is 7.44. The molecule has 1 heterocycles. The van der Waals surface area contributed by atoms with Gasteiger partial charge in [-0.2, -0.15) is 5.10 Å². The Labute approximate surface area is 132 Å². The molecule has 0 saturated carbocycles. The van der Waals surface area contributed by atoms with Crippen molar-refractivity contribution in [3.63, 3.8) is 0 Å². The molecule has 120 valence electrons. The van der Waals surface area contributed by atoms with Gasteiger partial charge in [-0.1, -0.05) is 19.1 Å². The molecule has 0 radical (unpaired) electrons. The molecule has 0 fully saturated rings. The Morgan fingerprint density at radius 2 is 1.77 bits per heavy atom. The Balaban J connectivity index is 2.01. The van der Waals surface area contributed by atoms with Gasteiger partial charge in [0.15, 0.2) is 0 Å². The number of aromatic nitrogens is 2. The summed E-state index contributed by atoms with van der Waals surface area (Å²) in [6.45, 7) is 8.85. The zero-order chi connectivity index (χ0) is 16.3. The number of nitrogens with zero attached hydrogens (tertiary/aromatic N) is 2. The molecule has 2 aromatic rings. The third-order valence-electron chi connectivity index (χ3n) is 4.00. The lowest BCUT2D eigenvalue weighted by Crippen LogP contribution is -2.28. The van der Waals surface area contributed by atoms with E-state index in [2.05, 4.69) is 9.82 Å². The monoisotopic (exact) mass is 321 g/mol. The number of nitrogens with one attached hydrogen (secondary N) is 1. The molecule has 1 aromatic carbocycles. The number of aryl methyl sites for hydroxylation is 2. The summed E-state index contributed by atoms with van der Waals surface area (Å²) < 4.78 is 28.9. The fourth-order valence-corrected chi connectivity index (χ4v) is 3.30. The normalized spacial score (nSPS) is 11.8. The van der Waals surface area contributed by atoms with Gasteiger partial charge in [0, 0.05) is 12.2 Å². The summed E-state index contributed by atoms with van der Waals surface area (Å²) >= 11 is 0. The molecule has 5 nitrogen and oxygen atoms in total. The number of hydrogen-bond acceptors (Lipinski definition) is 3. The van der Waals surface area contributed by atoms with E-state index in [1.54, 1.807) is 12.1 Å². The minimum Gasteiger partial charge on any atom is -0.268 e. The summed E-state index contributed by atoms with van der Waals surface area (Å²) in [6.07, 6.45) is 0.894. The molecular formula is C16H23N3O2S. The number of benzene rings is 1. The van der Waals surface area contributed by atoms with Gasteiger partial charge in [0.2, 0.25) is 10.0 Å². The van der Waals surface area contributed by atoms with E-state index in [-0.39, 0.29) is 0 Å². The van der Waals surface area contributed by atoms with E-state index in [9.17, 15) is 8.42 Å². The Morgan fingerprint density at radius 1 is 1.14 bits per heavy atom. The van der Waals surface area contributed by atoms with Crippen LogP contribution in [0.15, 0.2) is 29.2 Å². The molecule has 0 bridgehead atoms. The number of hydrogen-bond donors (Lipinski definition) is 1. The van der Waals surface area contributed by atoms with Gasteiger partial charge in [-0.3, -0.25) is 4.68 Å². The van der Waals surface area contributed by atoms with Crippen molar-refractivity contribution in [2.24, 2.45) is 0 Å². The smallest absolute Gasteiger partial charge is 0.240 e. The van der Waals surface area contributed by atoms with Gasteiger partial charge in [0.1, 0.15) is 0 Å². The van der Waals surface area contributed by atoms with Crippen molar-refractivity contribution in [3.05, 3.63) is 46.8 Å². The fraction of sp³-hybridized carbons (Fsp3) is 0.438. The second-order valence-electron chi connectivity index (χ2n) is 5.41. The molecule has 0 aliphatic rings. The van der Waals surface area contributed by atoms with E-state index in [1.165, 1.54) is 0 Å². The van der Waals surface area contributed by atoms with Crippen LogP contribution in [-0.2, 0) is 23.0 Å². The molecule has 1 aromatic heterocycles. The van der Waals surface area contributed by atoms with Crippen molar-refractivity contribution < 1.29 is 8.42 Å². The van der Waals surface area contributed by atoms with Crippen LogP contribution in [0.4, 0.5) is 0 Å². The summed E-state index contributed by atoms with van der Waals surface area (Å²) in [5.41, 5.74) is 4.33. The third-order valence-corrected chi connectivity index (χ3v) is 5.48. The minimum absolute atomic E-state index is 0.300. The zero-order valence-corrected chi connectivity index (χ0v) is 14.4. The van der Waals surface area contributed by atoms with Gasteiger partial charge in [-0.25, -0.2) is 13.1 Å². The lowest BCUT2D eigenvalue weighted by molar-refractivity contribution is 0.554. The van der Waals surface area contributed by atoms with Gasteiger partial charge in [0.05, 0.1) is 17.1 Å². The van der Waals surface area contributed by atoms with E-state index >= 15 is 0 Å². The highest BCUT2D eigenvalue weighted by molar-refractivity contribution is 7.89. The summed E-state index contributed by atoms with van der Waals surface area (Å²) in [5, 5.41) is 4.41. The molecule has 2 rings (SSSR count). The van der Waals surface area contributed by atoms with Crippen LogP contribution in [0.2, 0.25) is 0 Å². The van der Waals surface area contributed by atoms with Crippen molar-refractivity contribution >= 4 is 10.0 Å². The maximum absolute atomic E-state index is 12.2. The highest BCUT2D eigenvalue weighted by Crippen LogP contribution is 2.12. The first-order valence-corrected chi connectivity index (χ1v) is 8.92. The number of sulfonamides is 1. The van der Waals surface area contributed by atoms with E-state index < -0.39 is 10.0 Å². The molecule has 6 heteroatoms. The third kappa shape index (κ3) is 3.56.